The number of carbonyl (C=O) groups excluding carboxylic acids is 1. The smallest absolute Gasteiger partial charge is 0.254 e. The Hall–Kier alpha value is -1.35. The van der Waals surface area contributed by atoms with Crippen LogP contribution < -0.4 is 0 Å². The second-order valence-corrected chi connectivity index (χ2v) is 4.89. The van der Waals surface area contributed by atoms with Crippen molar-refractivity contribution < 1.29 is 4.79 Å². The van der Waals surface area contributed by atoms with E-state index in [4.69, 9.17) is 0 Å². The molecule has 94 valence electrons. The number of benzene rings is 2. The monoisotopic (exact) mass is 305 g/mol. The van der Waals surface area contributed by atoms with Gasteiger partial charge in [0.15, 0.2) is 0 Å². The molecule has 0 spiro atoms. The molecule has 0 heterocycles. The van der Waals surface area contributed by atoms with Gasteiger partial charge in [-0.05, 0) is 23.8 Å². The van der Waals surface area contributed by atoms with Crippen molar-refractivity contribution in [3.63, 3.8) is 0 Å². The van der Waals surface area contributed by atoms with E-state index < -0.39 is 0 Å². The van der Waals surface area contributed by atoms with Crippen molar-refractivity contribution in [2.24, 2.45) is 0 Å². The Kier molecular flexibility index (Phi) is 4.37. The summed E-state index contributed by atoms with van der Waals surface area (Å²) in [4.78, 5) is 14.3. The van der Waals surface area contributed by atoms with Gasteiger partial charge in [0.25, 0.3) is 5.91 Å². The number of nitrogens with zero attached hydrogens (tertiary/aromatic N) is 1. The molecule has 0 saturated carbocycles. The quantitative estimate of drug-likeness (QED) is 0.789. The zero-order valence-corrected chi connectivity index (χ0v) is 12.0. The predicted molar refractivity (Wildman–Crippen MR) is 79.3 cm³/mol. The van der Waals surface area contributed by atoms with Crippen LogP contribution in [-0.2, 0) is 0 Å². The van der Waals surface area contributed by atoms with Crippen LogP contribution in [0.3, 0.4) is 0 Å². The second kappa shape index (κ2) is 6.01. The molecule has 0 bridgehead atoms. The van der Waals surface area contributed by atoms with Crippen molar-refractivity contribution >= 4 is 32.6 Å². The standard InChI is InChI=1S/C15H16BrNO/c1-2-17(11-10-16)15(18)14-9-5-7-12-6-3-4-8-13(12)14/h3-9H,2,10-11H2,1H3. The first-order chi connectivity index (χ1) is 8.77. The molecule has 2 aromatic carbocycles. The summed E-state index contributed by atoms with van der Waals surface area (Å²) >= 11 is 3.39. The maximum Gasteiger partial charge on any atom is 0.254 e. The molecule has 18 heavy (non-hydrogen) atoms. The summed E-state index contributed by atoms with van der Waals surface area (Å²) < 4.78 is 0. The van der Waals surface area contributed by atoms with E-state index in [-0.39, 0.29) is 5.91 Å². The number of halogens is 1. The normalized spacial score (nSPS) is 10.6. The highest BCUT2D eigenvalue weighted by Gasteiger charge is 2.15. The SMILES string of the molecule is CCN(CCBr)C(=O)c1cccc2ccccc12. The van der Waals surface area contributed by atoms with Crippen LogP contribution in [-0.4, -0.2) is 29.2 Å². The largest absolute Gasteiger partial charge is 0.338 e. The molecule has 0 atom stereocenters. The summed E-state index contributed by atoms with van der Waals surface area (Å²) in [5, 5.41) is 2.94. The number of fused-ring (bicyclic) bond motifs is 1. The molecule has 2 aromatic rings. The summed E-state index contributed by atoms with van der Waals surface area (Å²) in [6.07, 6.45) is 0. The lowest BCUT2D eigenvalue weighted by Crippen LogP contribution is -2.32. The van der Waals surface area contributed by atoms with Gasteiger partial charge in [0.05, 0.1) is 0 Å². The minimum Gasteiger partial charge on any atom is -0.338 e. The average molecular weight is 306 g/mol. The predicted octanol–water partition coefficient (Wildman–Crippen LogP) is 3.70. The third kappa shape index (κ3) is 2.56. The van der Waals surface area contributed by atoms with Crippen LogP contribution in [0.4, 0.5) is 0 Å². The molecular formula is C15H16BrNO. The van der Waals surface area contributed by atoms with E-state index >= 15 is 0 Å². The van der Waals surface area contributed by atoms with Crippen LogP contribution in [0.1, 0.15) is 17.3 Å². The summed E-state index contributed by atoms with van der Waals surface area (Å²) in [5.41, 5.74) is 0.788. The lowest BCUT2D eigenvalue weighted by atomic mass is 10.0. The van der Waals surface area contributed by atoms with Gasteiger partial charge in [0.2, 0.25) is 0 Å². The van der Waals surface area contributed by atoms with Gasteiger partial charge in [-0.1, -0.05) is 52.3 Å². The summed E-state index contributed by atoms with van der Waals surface area (Å²) in [6.45, 7) is 3.47. The highest BCUT2D eigenvalue weighted by atomic mass is 79.9. The van der Waals surface area contributed by atoms with Gasteiger partial charge in [0, 0.05) is 24.0 Å². The highest BCUT2D eigenvalue weighted by molar-refractivity contribution is 9.09. The molecule has 0 saturated heterocycles. The Bertz CT molecular complexity index is 548. The molecule has 1 amide bonds. The van der Waals surface area contributed by atoms with Crippen molar-refractivity contribution in [3.8, 4) is 0 Å². The van der Waals surface area contributed by atoms with Crippen molar-refractivity contribution in [1.29, 1.82) is 0 Å². The summed E-state index contributed by atoms with van der Waals surface area (Å²) in [5.74, 6) is 0.105. The Morgan fingerprint density at radius 2 is 1.89 bits per heavy atom. The topological polar surface area (TPSA) is 20.3 Å². The fourth-order valence-electron chi connectivity index (χ4n) is 2.09. The van der Waals surface area contributed by atoms with E-state index in [1.54, 1.807) is 0 Å². The van der Waals surface area contributed by atoms with Gasteiger partial charge in [-0.2, -0.15) is 0 Å². The average Bonchev–Trinajstić information content (AvgIpc) is 2.43. The molecule has 2 nitrogen and oxygen atoms in total. The zero-order chi connectivity index (χ0) is 13.0. The first kappa shape index (κ1) is 13.1. The van der Waals surface area contributed by atoms with E-state index in [1.165, 1.54) is 0 Å². The summed E-state index contributed by atoms with van der Waals surface area (Å²) in [7, 11) is 0. The highest BCUT2D eigenvalue weighted by Crippen LogP contribution is 2.20. The van der Waals surface area contributed by atoms with Crippen LogP contribution in [0.2, 0.25) is 0 Å². The maximum atomic E-state index is 12.5. The van der Waals surface area contributed by atoms with Crippen molar-refractivity contribution in [3.05, 3.63) is 48.0 Å². The Balaban J connectivity index is 2.44. The Morgan fingerprint density at radius 1 is 1.17 bits per heavy atom. The lowest BCUT2D eigenvalue weighted by Gasteiger charge is -2.20. The van der Waals surface area contributed by atoms with E-state index in [0.29, 0.717) is 0 Å². The molecule has 0 N–H and O–H groups in total. The fourth-order valence-corrected chi connectivity index (χ4v) is 2.52. The molecule has 0 aromatic heterocycles. The van der Waals surface area contributed by atoms with Crippen LogP contribution in [0.15, 0.2) is 42.5 Å². The Labute approximate surface area is 116 Å². The van der Waals surface area contributed by atoms with Crippen LogP contribution in [0.5, 0.6) is 0 Å². The molecule has 0 aliphatic heterocycles. The van der Waals surface area contributed by atoms with E-state index in [0.717, 1.165) is 34.8 Å². The lowest BCUT2D eigenvalue weighted by molar-refractivity contribution is 0.0777. The number of carbonyl (C=O) groups is 1. The first-order valence-electron chi connectivity index (χ1n) is 6.11. The van der Waals surface area contributed by atoms with Gasteiger partial charge in [0.1, 0.15) is 0 Å². The molecule has 0 radical (unpaired) electrons. The molecule has 0 unspecified atom stereocenters. The molecule has 0 aliphatic rings. The molecular weight excluding hydrogens is 290 g/mol. The van der Waals surface area contributed by atoms with Gasteiger partial charge >= 0.3 is 0 Å². The van der Waals surface area contributed by atoms with Gasteiger partial charge in [-0.3, -0.25) is 4.79 Å². The first-order valence-corrected chi connectivity index (χ1v) is 7.23. The van der Waals surface area contributed by atoms with Crippen LogP contribution >= 0.6 is 15.9 Å². The number of alkyl halides is 1. The molecule has 2 rings (SSSR count). The van der Waals surface area contributed by atoms with Crippen molar-refractivity contribution in [1.82, 2.24) is 4.90 Å². The van der Waals surface area contributed by atoms with E-state index in [9.17, 15) is 4.79 Å². The van der Waals surface area contributed by atoms with E-state index in [2.05, 4.69) is 15.9 Å². The molecule has 3 heteroatoms. The fraction of sp³-hybridized carbons (Fsp3) is 0.267. The van der Waals surface area contributed by atoms with Gasteiger partial charge in [-0.15, -0.1) is 0 Å². The number of hydrogen-bond acceptors (Lipinski definition) is 1. The minimum absolute atomic E-state index is 0.105. The van der Waals surface area contributed by atoms with Crippen molar-refractivity contribution in [2.75, 3.05) is 18.4 Å². The van der Waals surface area contributed by atoms with Crippen LogP contribution in [0, 0.1) is 0 Å². The maximum absolute atomic E-state index is 12.5. The second-order valence-electron chi connectivity index (χ2n) is 4.10. The van der Waals surface area contributed by atoms with Crippen molar-refractivity contribution in [2.45, 2.75) is 6.92 Å². The number of rotatable bonds is 4. The van der Waals surface area contributed by atoms with Gasteiger partial charge in [-0.25, -0.2) is 0 Å². The summed E-state index contributed by atoms with van der Waals surface area (Å²) in [6, 6.07) is 13.9. The van der Waals surface area contributed by atoms with Gasteiger partial charge < -0.3 is 4.90 Å². The third-order valence-electron chi connectivity index (χ3n) is 3.04. The van der Waals surface area contributed by atoms with Crippen LogP contribution in [0.25, 0.3) is 10.8 Å². The minimum atomic E-state index is 0.105. The van der Waals surface area contributed by atoms with E-state index in [1.807, 2.05) is 54.3 Å². The number of hydrogen-bond donors (Lipinski definition) is 0. The molecule has 0 aliphatic carbocycles. The molecule has 0 fully saturated rings. The Morgan fingerprint density at radius 3 is 2.61 bits per heavy atom. The zero-order valence-electron chi connectivity index (χ0n) is 10.4. The third-order valence-corrected chi connectivity index (χ3v) is 3.40. The number of amides is 1.